The first-order chi connectivity index (χ1) is 14.2. The predicted octanol–water partition coefficient (Wildman–Crippen LogP) is 2.80. The van der Waals surface area contributed by atoms with Gasteiger partial charge in [0.05, 0.1) is 5.92 Å². The molecule has 1 atom stereocenters. The third kappa shape index (κ3) is 6.21. The fraction of sp³-hybridized carbons (Fsp3) is 0.609. The number of benzene rings is 1. The molecule has 2 fully saturated rings. The van der Waals surface area contributed by atoms with E-state index in [1.165, 1.54) is 0 Å². The van der Waals surface area contributed by atoms with Gasteiger partial charge in [-0.05, 0) is 45.1 Å². The minimum absolute atomic E-state index is 0.0497. The lowest BCUT2D eigenvalue weighted by Crippen LogP contribution is -2.44. The summed E-state index contributed by atoms with van der Waals surface area (Å²) < 4.78 is 5.27. The Bertz CT molecular complexity index is 751. The number of rotatable bonds is 5. The molecule has 7 heteroatoms. The maximum atomic E-state index is 12.9. The van der Waals surface area contributed by atoms with Gasteiger partial charge in [0.25, 0.3) is 0 Å². The van der Waals surface area contributed by atoms with Gasteiger partial charge in [0.2, 0.25) is 11.8 Å². The molecule has 2 aliphatic heterocycles. The van der Waals surface area contributed by atoms with Gasteiger partial charge < -0.3 is 19.9 Å². The summed E-state index contributed by atoms with van der Waals surface area (Å²) in [5.41, 5.74) is 0.574. The maximum absolute atomic E-state index is 12.9. The Balaban J connectivity index is 1.42. The second kappa shape index (κ2) is 9.49. The standard InChI is InChI=1S/C23H33N3O4/c1-23(2,3)30-22(29)24-14-17-9-11-25(12-10-17)21(28)19-13-20(27)26(16-19)15-18-7-5-4-6-8-18/h4-8,17,19H,9-16H2,1-3H3,(H,24,29). The second-order valence-corrected chi connectivity index (χ2v) is 9.31. The number of nitrogens with one attached hydrogen (secondary N) is 1. The molecule has 1 N–H and O–H groups in total. The smallest absolute Gasteiger partial charge is 0.407 e. The number of amides is 3. The van der Waals surface area contributed by atoms with Gasteiger partial charge in [0.1, 0.15) is 5.60 Å². The van der Waals surface area contributed by atoms with Crippen molar-refractivity contribution in [3.05, 3.63) is 35.9 Å². The minimum atomic E-state index is -0.507. The lowest BCUT2D eigenvalue weighted by atomic mass is 9.95. The number of carbonyl (C=O) groups is 3. The van der Waals surface area contributed by atoms with E-state index in [9.17, 15) is 14.4 Å². The van der Waals surface area contributed by atoms with Gasteiger partial charge in [-0.2, -0.15) is 0 Å². The average molecular weight is 416 g/mol. The zero-order chi connectivity index (χ0) is 21.7. The third-order valence-corrected chi connectivity index (χ3v) is 5.64. The number of alkyl carbamates (subject to hydrolysis) is 1. The molecule has 30 heavy (non-hydrogen) atoms. The molecule has 0 saturated carbocycles. The highest BCUT2D eigenvalue weighted by Crippen LogP contribution is 2.25. The Morgan fingerprint density at radius 3 is 2.43 bits per heavy atom. The molecule has 164 valence electrons. The number of hydrogen-bond donors (Lipinski definition) is 1. The molecule has 7 nitrogen and oxygen atoms in total. The Kier molecular flexibility index (Phi) is 7.00. The zero-order valence-electron chi connectivity index (χ0n) is 18.2. The summed E-state index contributed by atoms with van der Waals surface area (Å²) in [6.07, 6.45) is 1.58. The van der Waals surface area contributed by atoms with Crippen LogP contribution in [0.4, 0.5) is 4.79 Å². The number of hydrogen-bond acceptors (Lipinski definition) is 4. The van der Waals surface area contributed by atoms with Crippen LogP contribution in [0.15, 0.2) is 30.3 Å². The van der Waals surface area contributed by atoms with Crippen LogP contribution in [0.3, 0.4) is 0 Å². The van der Waals surface area contributed by atoms with Crippen molar-refractivity contribution in [1.82, 2.24) is 15.1 Å². The lowest BCUT2D eigenvalue weighted by Gasteiger charge is -2.33. The molecule has 3 amide bonds. The van der Waals surface area contributed by atoms with Gasteiger partial charge in [-0.15, -0.1) is 0 Å². The molecule has 0 radical (unpaired) electrons. The first-order valence-electron chi connectivity index (χ1n) is 10.8. The molecule has 0 aliphatic carbocycles. The quantitative estimate of drug-likeness (QED) is 0.802. The summed E-state index contributed by atoms with van der Waals surface area (Å²) in [6, 6.07) is 9.87. The Labute approximate surface area is 178 Å². The minimum Gasteiger partial charge on any atom is -0.444 e. The van der Waals surface area contributed by atoms with E-state index >= 15 is 0 Å². The van der Waals surface area contributed by atoms with Crippen molar-refractivity contribution in [2.75, 3.05) is 26.2 Å². The maximum Gasteiger partial charge on any atom is 0.407 e. The van der Waals surface area contributed by atoms with Gasteiger partial charge in [-0.3, -0.25) is 9.59 Å². The van der Waals surface area contributed by atoms with Crippen molar-refractivity contribution >= 4 is 17.9 Å². The molecule has 2 saturated heterocycles. The largest absolute Gasteiger partial charge is 0.444 e. The number of carbonyl (C=O) groups excluding carboxylic acids is 3. The molecule has 3 rings (SSSR count). The molecule has 1 aromatic rings. The second-order valence-electron chi connectivity index (χ2n) is 9.31. The van der Waals surface area contributed by atoms with E-state index in [1.54, 1.807) is 4.90 Å². The number of piperidine rings is 1. The van der Waals surface area contributed by atoms with Crippen LogP contribution in [0.25, 0.3) is 0 Å². The summed E-state index contributed by atoms with van der Waals surface area (Å²) in [6.45, 7) is 8.46. The van der Waals surface area contributed by atoms with E-state index in [4.69, 9.17) is 4.74 Å². The summed E-state index contributed by atoms with van der Waals surface area (Å²) >= 11 is 0. The summed E-state index contributed by atoms with van der Waals surface area (Å²) in [5.74, 6) is 0.213. The van der Waals surface area contributed by atoms with E-state index < -0.39 is 11.7 Å². The highest BCUT2D eigenvalue weighted by Gasteiger charge is 2.37. The highest BCUT2D eigenvalue weighted by atomic mass is 16.6. The number of ether oxygens (including phenoxy) is 1. The molecular formula is C23H33N3O4. The number of nitrogens with zero attached hydrogens (tertiary/aromatic N) is 2. The van der Waals surface area contributed by atoms with Crippen LogP contribution in [0.5, 0.6) is 0 Å². The molecule has 0 spiro atoms. The molecule has 1 unspecified atom stereocenters. The fourth-order valence-electron chi connectivity index (χ4n) is 4.05. The van der Waals surface area contributed by atoms with E-state index in [1.807, 2.05) is 56.0 Å². The van der Waals surface area contributed by atoms with Crippen LogP contribution in [0, 0.1) is 11.8 Å². The Morgan fingerprint density at radius 1 is 1.13 bits per heavy atom. The predicted molar refractivity (Wildman–Crippen MR) is 114 cm³/mol. The van der Waals surface area contributed by atoms with E-state index in [-0.39, 0.29) is 17.7 Å². The number of likely N-dealkylation sites (tertiary alicyclic amines) is 2. The molecule has 2 heterocycles. The van der Waals surface area contributed by atoms with Gasteiger partial charge in [0.15, 0.2) is 0 Å². The molecule has 1 aromatic carbocycles. The normalized spacial score (nSPS) is 20.4. The fourth-order valence-corrected chi connectivity index (χ4v) is 4.05. The van der Waals surface area contributed by atoms with Gasteiger partial charge >= 0.3 is 6.09 Å². The van der Waals surface area contributed by atoms with Crippen LogP contribution in [-0.4, -0.2) is 59.5 Å². The molecule has 0 aromatic heterocycles. The van der Waals surface area contributed by atoms with Crippen molar-refractivity contribution in [1.29, 1.82) is 0 Å². The van der Waals surface area contributed by atoms with Gasteiger partial charge in [0, 0.05) is 39.1 Å². The summed E-state index contributed by atoms with van der Waals surface area (Å²) in [4.78, 5) is 40.8. The van der Waals surface area contributed by atoms with Gasteiger partial charge in [-0.1, -0.05) is 30.3 Å². The zero-order valence-corrected chi connectivity index (χ0v) is 18.2. The SMILES string of the molecule is CC(C)(C)OC(=O)NCC1CCN(C(=O)C2CC(=O)N(Cc3ccccc3)C2)CC1. The van der Waals surface area contributed by atoms with Crippen LogP contribution in [0.1, 0.15) is 45.6 Å². The Hall–Kier alpha value is -2.57. The van der Waals surface area contributed by atoms with E-state index in [2.05, 4.69) is 5.32 Å². The average Bonchev–Trinajstić information content (AvgIpc) is 3.06. The van der Waals surface area contributed by atoms with Crippen molar-refractivity contribution in [3.8, 4) is 0 Å². The van der Waals surface area contributed by atoms with Crippen LogP contribution < -0.4 is 5.32 Å². The van der Waals surface area contributed by atoms with Crippen molar-refractivity contribution in [2.45, 2.75) is 52.2 Å². The molecular weight excluding hydrogens is 382 g/mol. The van der Waals surface area contributed by atoms with Crippen molar-refractivity contribution in [3.63, 3.8) is 0 Å². The van der Waals surface area contributed by atoms with Crippen molar-refractivity contribution in [2.24, 2.45) is 11.8 Å². The van der Waals surface area contributed by atoms with Gasteiger partial charge in [-0.25, -0.2) is 4.79 Å². The summed E-state index contributed by atoms with van der Waals surface area (Å²) in [5, 5.41) is 2.83. The van der Waals surface area contributed by atoms with E-state index in [0.29, 0.717) is 45.1 Å². The topological polar surface area (TPSA) is 79.0 Å². The van der Waals surface area contributed by atoms with Crippen molar-refractivity contribution < 1.29 is 19.1 Å². The lowest BCUT2D eigenvalue weighted by molar-refractivity contribution is -0.137. The highest BCUT2D eigenvalue weighted by molar-refractivity contribution is 5.89. The third-order valence-electron chi connectivity index (χ3n) is 5.64. The molecule has 2 aliphatic rings. The van der Waals surface area contributed by atoms with Crippen LogP contribution >= 0.6 is 0 Å². The molecule has 0 bridgehead atoms. The van der Waals surface area contributed by atoms with Crippen LogP contribution in [-0.2, 0) is 20.9 Å². The van der Waals surface area contributed by atoms with Crippen LogP contribution in [0.2, 0.25) is 0 Å². The first-order valence-corrected chi connectivity index (χ1v) is 10.8. The first kappa shape index (κ1) is 22.1. The van der Waals surface area contributed by atoms with E-state index in [0.717, 1.165) is 18.4 Å². The summed E-state index contributed by atoms with van der Waals surface area (Å²) in [7, 11) is 0. The Morgan fingerprint density at radius 2 is 1.80 bits per heavy atom. The monoisotopic (exact) mass is 415 g/mol.